The molecule has 0 aliphatic heterocycles. The van der Waals surface area contributed by atoms with Crippen LogP contribution in [-0.4, -0.2) is 81.2 Å². The van der Waals surface area contributed by atoms with Crippen molar-refractivity contribution in [2.75, 3.05) is 0 Å². The van der Waals surface area contributed by atoms with Gasteiger partial charge < -0.3 is 42.7 Å². The summed E-state index contributed by atoms with van der Waals surface area (Å²) in [5, 5.41) is 34.3. The second-order valence-corrected chi connectivity index (χ2v) is 8.03. The Labute approximate surface area is 190 Å². The van der Waals surface area contributed by atoms with Gasteiger partial charge in [-0.2, -0.15) is 0 Å². The van der Waals surface area contributed by atoms with E-state index in [-0.39, 0.29) is 25.2 Å². The largest absolute Gasteiger partial charge is 0.481 e. The Morgan fingerprint density at radius 1 is 0.848 bits per heavy atom. The lowest BCUT2D eigenvalue weighted by atomic mass is 10.0. The van der Waals surface area contributed by atoms with Gasteiger partial charge in [0.1, 0.15) is 12.1 Å². The molecule has 0 heterocycles. The zero-order chi connectivity index (χ0) is 25.9. The molecule has 14 nitrogen and oxygen atoms in total. The molecule has 0 rings (SSSR count). The van der Waals surface area contributed by atoms with Crippen LogP contribution in [0.1, 0.15) is 46.5 Å². The fraction of sp³-hybridized carbons (Fsp3) is 0.684. The van der Waals surface area contributed by atoms with Gasteiger partial charge in [0, 0.05) is 6.42 Å². The average molecular weight is 475 g/mol. The van der Waals surface area contributed by atoms with Crippen molar-refractivity contribution in [2.45, 2.75) is 76.7 Å². The Morgan fingerprint density at radius 2 is 1.36 bits per heavy atom. The van der Waals surface area contributed by atoms with E-state index in [4.69, 9.17) is 21.7 Å². The molecular formula is C19H33N5O9. The van der Waals surface area contributed by atoms with E-state index in [1.807, 2.05) is 5.32 Å². The van der Waals surface area contributed by atoms with Gasteiger partial charge in [-0.1, -0.05) is 13.8 Å². The number of carbonyl (C=O) groups is 6. The number of nitrogens with one attached hydrogen (secondary N) is 3. The molecule has 0 spiro atoms. The Hall–Kier alpha value is -3.26. The minimum atomic E-state index is -1.74. The van der Waals surface area contributed by atoms with Crippen molar-refractivity contribution in [3.8, 4) is 0 Å². The van der Waals surface area contributed by atoms with Crippen LogP contribution >= 0.6 is 0 Å². The molecule has 0 saturated carbocycles. The summed E-state index contributed by atoms with van der Waals surface area (Å²) < 4.78 is 0. The Morgan fingerprint density at radius 3 is 1.79 bits per heavy atom. The van der Waals surface area contributed by atoms with Gasteiger partial charge in [-0.3, -0.25) is 24.0 Å². The minimum Gasteiger partial charge on any atom is -0.481 e. The van der Waals surface area contributed by atoms with Crippen molar-refractivity contribution in [3.05, 3.63) is 0 Å². The smallest absolute Gasteiger partial charge is 0.328 e. The second-order valence-electron chi connectivity index (χ2n) is 8.03. The number of carboxylic acids is 2. The number of aliphatic hydroxyl groups excluding tert-OH is 1. The topological polar surface area (TPSA) is 251 Å². The van der Waals surface area contributed by atoms with Crippen LogP contribution in [0.5, 0.6) is 0 Å². The first-order chi connectivity index (χ1) is 15.1. The molecule has 0 aliphatic rings. The maximum atomic E-state index is 12.8. The minimum absolute atomic E-state index is 0.0584. The van der Waals surface area contributed by atoms with Crippen molar-refractivity contribution in [3.63, 3.8) is 0 Å². The van der Waals surface area contributed by atoms with Gasteiger partial charge in [-0.15, -0.1) is 0 Å². The molecular weight excluding hydrogens is 442 g/mol. The van der Waals surface area contributed by atoms with E-state index in [9.17, 15) is 33.9 Å². The van der Waals surface area contributed by atoms with Gasteiger partial charge in [0.05, 0.1) is 18.6 Å². The highest BCUT2D eigenvalue weighted by Crippen LogP contribution is 2.08. The van der Waals surface area contributed by atoms with Crippen LogP contribution in [0.3, 0.4) is 0 Å². The number of hydrogen-bond acceptors (Lipinski definition) is 8. The average Bonchev–Trinajstić information content (AvgIpc) is 2.67. The number of carboxylic acid groups (broad SMARTS) is 2. The van der Waals surface area contributed by atoms with Gasteiger partial charge in [0.15, 0.2) is 6.04 Å². The summed E-state index contributed by atoms with van der Waals surface area (Å²) in [4.78, 5) is 70.8. The molecule has 5 atom stereocenters. The molecule has 0 aromatic rings. The van der Waals surface area contributed by atoms with Crippen molar-refractivity contribution < 1.29 is 44.1 Å². The summed E-state index contributed by atoms with van der Waals surface area (Å²) in [7, 11) is 0. The maximum absolute atomic E-state index is 12.8. The molecule has 33 heavy (non-hydrogen) atoms. The highest BCUT2D eigenvalue weighted by atomic mass is 16.4. The Bertz CT molecular complexity index is 741. The Balaban J connectivity index is 5.49. The van der Waals surface area contributed by atoms with Crippen molar-refractivity contribution in [2.24, 2.45) is 17.4 Å². The third-order valence-corrected chi connectivity index (χ3v) is 4.44. The zero-order valence-corrected chi connectivity index (χ0v) is 18.7. The van der Waals surface area contributed by atoms with Crippen LogP contribution in [-0.2, 0) is 28.8 Å². The van der Waals surface area contributed by atoms with Crippen LogP contribution < -0.4 is 27.4 Å². The summed E-state index contributed by atoms with van der Waals surface area (Å²) in [6.45, 7) is 4.61. The van der Waals surface area contributed by atoms with Gasteiger partial charge in [-0.05, 0) is 25.7 Å². The van der Waals surface area contributed by atoms with Crippen LogP contribution in [0.2, 0.25) is 0 Å². The molecule has 0 saturated heterocycles. The normalized spacial score (nSPS) is 15.5. The lowest BCUT2D eigenvalue weighted by Crippen LogP contribution is -2.58. The molecule has 5 unspecified atom stereocenters. The number of rotatable bonds is 15. The van der Waals surface area contributed by atoms with E-state index < -0.39 is 72.3 Å². The molecule has 0 fully saturated rings. The highest BCUT2D eigenvalue weighted by Gasteiger charge is 2.33. The Kier molecular flexibility index (Phi) is 12.6. The molecule has 4 amide bonds. The molecule has 0 aromatic carbocycles. The number of primary amides is 1. The molecule has 0 aromatic heterocycles. The van der Waals surface area contributed by atoms with E-state index in [2.05, 4.69) is 10.6 Å². The number of hydrogen-bond donors (Lipinski definition) is 8. The predicted molar refractivity (Wildman–Crippen MR) is 113 cm³/mol. The SMILES string of the molecule is CC(C)CC(NC(=O)C(N)CCC(N)=O)C(=O)NC(CC(=O)O)C(=O)NC(C(=O)O)C(C)O. The first-order valence-corrected chi connectivity index (χ1v) is 10.2. The van der Waals surface area contributed by atoms with Gasteiger partial charge in [-0.25, -0.2) is 4.79 Å². The van der Waals surface area contributed by atoms with E-state index in [0.29, 0.717) is 0 Å². The molecule has 10 N–H and O–H groups in total. The molecule has 0 radical (unpaired) electrons. The fourth-order valence-corrected chi connectivity index (χ4v) is 2.71. The lowest BCUT2D eigenvalue weighted by Gasteiger charge is -2.26. The molecule has 0 bridgehead atoms. The van der Waals surface area contributed by atoms with Crippen LogP contribution in [0.4, 0.5) is 0 Å². The molecule has 0 aliphatic carbocycles. The highest BCUT2D eigenvalue weighted by molar-refractivity contribution is 5.95. The summed E-state index contributed by atoms with van der Waals surface area (Å²) >= 11 is 0. The van der Waals surface area contributed by atoms with Gasteiger partial charge in [0.2, 0.25) is 23.6 Å². The number of aliphatic carboxylic acids is 2. The summed E-state index contributed by atoms with van der Waals surface area (Å²) in [5.74, 6) is -6.59. The quantitative estimate of drug-likeness (QED) is 0.119. The second kappa shape index (κ2) is 14.0. The van der Waals surface area contributed by atoms with Crippen LogP contribution in [0.25, 0.3) is 0 Å². The third-order valence-electron chi connectivity index (χ3n) is 4.44. The summed E-state index contributed by atoms with van der Waals surface area (Å²) in [5.41, 5.74) is 10.7. The van der Waals surface area contributed by atoms with E-state index in [0.717, 1.165) is 6.92 Å². The fourth-order valence-electron chi connectivity index (χ4n) is 2.71. The first kappa shape index (κ1) is 29.7. The summed E-state index contributed by atoms with van der Waals surface area (Å²) in [6.07, 6.45) is -2.48. The van der Waals surface area contributed by atoms with Crippen LogP contribution in [0.15, 0.2) is 0 Å². The van der Waals surface area contributed by atoms with E-state index in [1.54, 1.807) is 13.8 Å². The monoisotopic (exact) mass is 475 g/mol. The van der Waals surface area contributed by atoms with Crippen molar-refractivity contribution in [1.29, 1.82) is 0 Å². The zero-order valence-electron chi connectivity index (χ0n) is 18.7. The molecule has 188 valence electrons. The molecule has 14 heteroatoms. The van der Waals surface area contributed by atoms with E-state index >= 15 is 0 Å². The maximum Gasteiger partial charge on any atom is 0.328 e. The van der Waals surface area contributed by atoms with Crippen molar-refractivity contribution in [1.82, 2.24) is 16.0 Å². The van der Waals surface area contributed by atoms with Gasteiger partial charge in [0.25, 0.3) is 0 Å². The third kappa shape index (κ3) is 11.8. The first-order valence-electron chi connectivity index (χ1n) is 10.2. The predicted octanol–water partition coefficient (Wildman–Crippen LogP) is -2.98. The summed E-state index contributed by atoms with van der Waals surface area (Å²) in [6, 6.07) is -5.76. The van der Waals surface area contributed by atoms with E-state index in [1.165, 1.54) is 0 Å². The number of carbonyl (C=O) groups excluding carboxylic acids is 4. The standard InChI is InChI=1S/C19H33N5O9/c1-8(2)6-11(22-16(29)10(20)4-5-13(21)26)17(30)23-12(7-14(27)28)18(31)24-15(9(3)25)19(32)33/h8-12,15,25H,4-7,20H2,1-3H3,(H2,21,26)(H,22,29)(H,23,30)(H,24,31)(H,27,28)(H,32,33). The number of amides is 4. The van der Waals surface area contributed by atoms with Gasteiger partial charge >= 0.3 is 11.9 Å². The van der Waals surface area contributed by atoms with Crippen molar-refractivity contribution >= 4 is 35.6 Å². The lowest BCUT2D eigenvalue weighted by molar-refractivity contribution is -0.146. The number of aliphatic hydroxyl groups is 1. The van der Waals surface area contributed by atoms with Crippen LogP contribution in [0, 0.1) is 5.92 Å². The number of nitrogens with two attached hydrogens (primary N) is 2.